The summed E-state index contributed by atoms with van der Waals surface area (Å²) in [4.78, 5) is 25.1. The van der Waals surface area contributed by atoms with Crippen LogP contribution in [0.5, 0.6) is 0 Å². The molecule has 0 aromatic heterocycles. The minimum Gasteiger partial charge on any atom is -0.321 e. The molecule has 0 spiro atoms. The average Bonchev–Trinajstić information content (AvgIpc) is 2.69. The molecule has 0 aliphatic carbocycles. The summed E-state index contributed by atoms with van der Waals surface area (Å²) < 4.78 is 1.59. The molecule has 3 aromatic carbocycles. The predicted octanol–water partition coefficient (Wildman–Crippen LogP) is 3.35. The topological polar surface area (TPSA) is 61.2 Å². The van der Waals surface area contributed by atoms with Crippen LogP contribution in [0.15, 0.2) is 84.9 Å². The van der Waals surface area contributed by atoms with E-state index in [0.717, 1.165) is 5.56 Å². The van der Waals surface area contributed by atoms with Crippen LogP contribution in [0, 0.1) is 0 Å². The van der Waals surface area contributed by atoms with E-state index in [4.69, 9.17) is 0 Å². The third-order valence-corrected chi connectivity index (χ3v) is 3.88. The number of rotatable bonds is 5. The fourth-order valence-corrected chi connectivity index (χ4v) is 2.59. The van der Waals surface area contributed by atoms with Crippen LogP contribution in [-0.2, 0) is 0 Å². The van der Waals surface area contributed by atoms with Crippen LogP contribution in [0.4, 0.5) is 5.69 Å². The van der Waals surface area contributed by atoms with E-state index in [-0.39, 0.29) is 11.8 Å². The number of hydrazine groups is 1. The molecule has 0 saturated heterocycles. The van der Waals surface area contributed by atoms with Crippen molar-refractivity contribution >= 4 is 23.7 Å². The standard InChI is InChI=1S/C22H19N3O2/c1-25(16-17-10-4-2-5-11-17)24-22(27)19-14-8-9-15-20(19)23-21(26)18-12-6-3-7-13-18/h2-16H,1H3,(H-,23,24,26,27)/p+1. The molecular weight excluding hydrogens is 338 g/mol. The van der Waals surface area contributed by atoms with Crippen LogP contribution in [0.3, 0.4) is 0 Å². The van der Waals surface area contributed by atoms with Gasteiger partial charge in [-0.3, -0.25) is 9.59 Å². The van der Waals surface area contributed by atoms with E-state index in [9.17, 15) is 9.59 Å². The van der Waals surface area contributed by atoms with Gasteiger partial charge in [0.15, 0.2) is 7.05 Å². The normalized spacial score (nSPS) is 10.9. The van der Waals surface area contributed by atoms with E-state index in [0.29, 0.717) is 16.8 Å². The van der Waals surface area contributed by atoms with Crippen molar-refractivity contribution in [3.8, 4) is 0 Å². The maximum Gasteiger partial charge on any atom is 0.307 e. The number of carbonyl (C=O) groups excluding carboxylic acids is 2. The van der Waals surface area contributed by atoms with E-state index in [2.05, 4.69) is 10.7 Å². The highest BCUT2D eigenvalue weighted by Gasteiger charge is 2.16. The summed E-state index contributed by atoms with van der Waals surface area (Å²) in [5, 5.41) is 2.80. The van der Waals surface area contributed by atoms with Crippen molar-refractivity contribution in [3.63, 3.8) is 0 Å². The Morgan fingerprint density at radius 3 is 2.07 bits per heavy atom. The maximum atomic E-state index is 12.7. The molecule has 2 amide bonds. The van der Waals surface area contributed by atoms with E-state index in [1.54, 1.807) is 60.3 Å². The Bertz CT molecular complexity index is 967. The Kier molecular flexibility index (Phi) is 5.74. The number of nitrogens with zero attached hydrogens (tertiary/aromatic N) is 1. The van der Waals surface area contributed by atoms with Crippen molar-refractivity contribution in [1.82, 2.24) is 5.43 Å². The van der Waals surface area contributed by atoms with Crippen molar-refractivity contribution in [2.24, 2.45) is 0 Å². The van der Waals surface area contributed by atoms with Gasteiger partial charge >= 0.3 is 5.91 Å². The van der Waals surface area contributed by atoms with Gasteiger partial charge in [0.25, 0.3) is 5.91 Å². The summed E-state index contributed by atoms with van der Waals surface area (Å²) in [6.07, 6.45) is 1.81. The molecular formula is C22H20N3O2+. The lowest BCUT2D eigenvalue weighted by atomic mass is 10.1. The fraction of sp³-hybridized carbons (Fsp3) is 0.0455. The van der Waals surface area contributed by atoms with Crippen LogP contribution in [-0.4, -0.2) is 29.8 Å². The number of amides is 2. The molecule has 134 valence electrons. The molecule has 0 atom stereocenters. The van der Waals surface area contributed by atoms with Crippen LogP contribution < -0.4 is 10.7 Å². The van der Waals surface area contributed by atoms with Gasteiger partial charge in [0, 0.05) is 11.1 Å². The zero-order valence-electron chi connectivity index (χ0n) is 14.9. The van der Waals surface area contributed by atoms with Gasteiger partial charge < -0.3 is 5.32 Å². The Balaban J connectivity index is 1.76. The Hall–Kier alpha value is -3.73. The second kappa shape index (κ2) is 8.58. The molecule has 0 heterocycles. The number of hydrazone groups is 1. The predicted molar refractivity (Wildman–Crippen MR) is 106 cm³/mol. The van der Waals surface area contributed by atoms with Gasteiger partial charge in [-0.2, -0.15) is 0 Å². The van der Waals surface area contributed by atoms with Gasteiger partial charge in [-0.05, 0) is 36.4 Å². The Labute approximate surface area is 158 Å². The quantitative estimate of drug-likeness (QED) is 0.417. The van der Waals surface area contributed by atoms with Gasteiger partial charge in [0.1, 0.15) is 0 Å². The molecule has 0 saturated carbocycles. The SMILES string of the molecule is C[N+](=Cc1ccccc1)NC(=O)c1ccccc1NC(=O)c1ccccc1. The largest absolute Gasteiger partial charge is 0.321 e. The lowest BCUT2D eigenvalue weighted by Gasteiger charge is -2.10. The first kappa shape index (κ1) is 18.1. The number of hydrogen-bond donors (Lipinski definition) is 2. The molecule has 0 unspecified atom stereocenters. The first-order chi connectivity index (χ1) is 13.1. The third-order valence-electron chi connectivity index (χ3n) is 3.88. The van der Waals surface area contributed by atoms with E-state index in [1.165, 1.54) is 0 Å². The fourth-order valence-electron chi connectivity index (χ4n) is 2.59. The molecule has 0 aliphatic rings. The van der Waals surface area contributed by atoms with E-state index in [1.807, 2.05) is 42.6 Å². The molecule has 5 heteroatoms. The van der Waals surface area contributed by atoms with Crippen molar-refractivity contribution in [2.75, 3.05) is 12.4 Å². The minimum absolute atomic E-state index is 0.264. The summed E-state index contributed by atoms with van der Waals surface area (Å²) in [6.45, 7) is 0. The lowest BCUT2D eigenvalue weighted by molar-refractivity contribution is -0.539. The number of anilines is 1. The number of hydrogen-bond acceptors (Lipinski definition) is 2. The number of benzene rings is 3. The second-order valence-corrected chi connectivity index (χ2v) is 5.96. The second-order valence-electron chi connectivity index (χ2n) is 5.96. The smallest absolute Gasteiger partial charge is 0.307 e. The molecule has 3 aromatic rings. The Morgan fingerprint density at radius 1 is 0.778 bits per heavy atom. The minimum atomic E-state index is -0.311. The number of carbonyl (C=O) groups is 2. The zero-order chi connectivity index (χ0) is 19.1. The van der Waals surface area contributed by atoms with Crippen LogP contribution in [0.25, 0.3) is 0 Å². The summed E-state index contributed by atoms with van der Waals surface area (Å²) in [7, 11) is 1.75. The first-order valence-corrected chi connectivity index (χ1v) is 8.52. The molecule has 3 rings (SSSR count). The van der Waals surface area contributed by atoms with Gasteiger partial charge in [0.2, 0.25) is 6.21 Å². The van der Waals surface area contributed by atoms with E-state index < -0.39 is 0 Å². The summed E-state index contributed by atoms with van der Waals surface area (Å²) in [5.74, 6) is -0.575. The highest BCUT2D eigenvalue weighted by molar-refractivity contribution is 6.08. The van der Waals surface area contributed by atoms with Crippen molar-refractivity contribution < 1.29 is 14.3 Å². The van der Waals surface area contributed by atoms with Gasteiger partial charge in [-0.25, -0.2) is 0 Å². The summed E-state index contributed by atoms with van der Waals surface area (Å²) in [6, 6.07) is 25.5. The van der Waals surface area contributed by atoms with Crippen molar-refractivity contribution in [1.29, 1.82) is 0 Å². The molecule has 0 aliphatic heterocycles. The molecule has 0 radical (unpaired) electrons. The molecule has 27 heavy (non-hydrogen) atoms. The van der Waals surface area contributed by atoms with E-state index >= 15 is 0 Å². The molecule has 2 N–H and O–H groups in total. The van der Waals surface area contributed by atoms with Gasteiger partial charge in [-0.15, -0.1) is 10.1 Å². The van der Waals surface area contributed by atoms with Crippen molar-refractivity contribution in [3.05, 3.63) is 102 Å². The van der Waals surface area contributed by atoms with Crippen LogP contribution >= 0.6 is 0 Å². The monoisotopic (exact) mass is 358 g/mol. The maximum absolute atomic E-state index is 12.7. The summed E-state index contributed by atoms with van der Waals surface area (Å²) >= 11 is 0. The third kappa shape index (κ3) is 4.89. The molecule has 0 fully saturated rings. The first-order valence-electron chi connectivity index (χ1n) is 8.52. The highest BCUT2D eigenvalue weighted by Crippen LogP contribution is 2.16. The highest BCUT2D eigenvalue weighted by atomic mass is 16.2. The number of nitrogens with one attached hydrogen (secondary N) is 2. The Morgan fingerprint density at radius 2 is 1.37 bits per heavy atom. The molecule has 5 nitrogen and oxygen atoms in total. The average molecular weight is 358 g/mol. The molecule has 0 bridgehead atoms. The zero-order valence-corrected chi connectivity index (χ0v) is 14.9. The van der Waals surface area contributed by atoms with Crippen LogP contribution in [0.1, 0.15) is 26.3 Å². The van der Waals surface area contributed by atoms with Crippen molar-refractivity contribution in [2.45, 2.75) is 0 Å². The lowest BCUT2D eigenvalue weighted by Crippen LogP contribution is -2.33. The summed E-state index contributed by atoms with van der Waals surface area (Å²) in [5.41, 5.74) is 5.12. The number of para-hydroxylation sites is 1. The van der Waals surface area contributed by atoms with Gasteiger partial charge in [-0.1, -0.05) is 48.5 Å². The van der Waals surface area contributed by atoms with Gasteiger partial charge in [0.05, 0.1) is 11.3 Å². The van der Waals surface area contributed by atoms with Crippen LogP contribution in [0.2, 0.25) is 0 Å².